The number of hydrogen-bond acceptors (Lipinski definition) is 3. The minimum Gasteiger partial charge on any atom is -0.396 e. The van der Waals surface area contributed by atoms with Gasteiger partial charge in [-0.25, -0.2) is 4.39 Å². The van der Waals surface area contributed by atoms with Gasteiger partial charge >= 0.3 is 0 Å². The lowest BCUT2D eigenvalue weighted by Gasteiger charge is -2.06. The first-order valence-electron chi connectivity index (χ1n) is 6.58. The zero-order valence-electron chi connectivity index (χ0n) is 10.6. The summed E-state index contributed by atoms with van der Waals surface area (Å²) in [7, 11) is 0. The maximum atomic E-state index is 13.2. The van der Waals surface area contributed by atoms with E-state index in [1.807, 2.05) is 6.07 Å². The summed E-state index contributed by atoms with van der Waals surface area (Å²) in [4.78, 5) is 0. The van der Waals surface area contributed by atoms with Crippen LogP contribution in [0.3, 0.4) is 0 Å². The number of rotatable bonds is 8. The Balaban J connectivity index is 1.52. The van der Waals surface area contributed by atoms with Gasteiger partial charge in [-0.2, -0.15) is 0 Å². The molecule has 100 valence electrons. The van der Waals surface area contributed by atoms with Crippen LogP contribution in [0.1, 0.15) is 24.8 Å². The van der Waals surface area contributed by atoms with Crippen molar-refractivity contribution in [2.45, 2.75) is 25.8 Å². The van der Waals surface area contributed by atoms with E-state index in [4.69, 9.17) is 10.5 Å². The number of nitrogen functional groups attached to an aromatic ring is 1. The highest BCUT2D eigenvalue weighted by Gasteiger charge is 2.20. The van der Waals surface area contributed by atoms with E-state index in [0.717, 1.165) is 37.7 Å². The maximum Gasteiger partial charge on any atom is 0.146 e. The first-order valence-corrected chi connectivity index (χ1v) is 6.58. The van der Waals surface area contributed by atoms with Crippen LogP contribution in [0.25, 0.3) is 0 Å². The molecule has 1 aliphatic carbocycles. The summed E-state index contributed by atoms with van der Waals surface area (Å²) in [6.45, 7) is 3.28. The maximum absolute atomic E-state index is 13.2. The lowest BCUT2D eigenvalue weighted by Crippen LogP contribution is -2.16. The van der Waals surface area contributed by atoms with Crippen LogP contribution in [-0.4, -0.2) is 19.8 Å². The fourth-order valence-corrected chi connectivity index (χ4v) is 1.75. The van der Waals surface area contributed by atoms with Gasteiger partial charge in [0.1, 0.15) is 5.82 Å². The van der Waals surface area contributed by atoms with Gasteiger partial charge in [0.25, 0.3) is 0 Å². The van der Waals surface area contributed by atoms with Crippen LogP contribution in [0.4, 0.5) is 10.1 Å². The Morgan fingerprint density at radius 3 is 2.94 bits per heavy atom. The van der Waals surface area contributed by atoms with Gasteiger partial charge in [0.15, 0.2) is 0 Å². The number of benzene rings is 1. The van der Waals surface area contributed by atoms with Crippen molar-refractivity contribution in [1.82, 2.24) is 5.32 Å². The zero-order chi connectivity index (χ0) is 12.8. The molecule has 0 aliphatic heterocycles. The smallest absolute Gasteiger partial charge is 0.146 e. The molecule has 1 fully saturated rings. The van der Waals surface area contributed by atoms with Crippen molar-refractivity contribution in [1.29, 1.82) is 0 Å². The number of hydrogen-bond donors (Lipinski definition) is 2. The normalized spacial score (nSPS) is 14.9. The molecule has 0 unspecified atom stereocenters. The van der Waals surface area contributed by atoms with Crippen LogP contribution < -0.4 is 11.1 Å². The predicted molar refractivity (Wildman–Crippen MR) is 70.7 cm³/mol. The zero-order valence-corrected chi connectivity index (χ0v) is 10.6. The van der Waals surface area contributed by atoms with Crippen molar-refractivity contribution in [2.75, 3.05) is 25.5 Å². The average Bonchev–Trinajstić information content (AvgIpc) is 3.16. The average molecular weight is 252 g/mol. The summed E-state index contributed by atoms with van der Waals surface area (Å²) in [5, 5.41) is 3.26. The van der Waals surface area contributed by atoms with Gasteiger partial charge in [-0.1, -0.05) is 6.07 Å². The largest absolute Gasteiger partial charge is 0.396 e. The molecule has 0 aromatic heterocycles. The molecule has 1 aromatic carbocycles. The highest BCUT2D eigenvalue weighted by atomic mass is 19.1. The molecule has 0 atom stereocenters. The predicted octanol–water partition coefficient (Wildman–Crippen LogP) is 2.31. The molecule has 18 heavy (non-hydrogen) atoms. The molecule has 1 aliphatic rings. The third-order valence-electron chi connectivity index (χ3n) is 3.09. The molecule has 0 radical (unpaired) electrons. The monoisotopic (exact) mass is 252 g/mol. The Morgan fingerprint density at radius 2 is 2.22 bits per heavy atom. The van der Waals surface area contributed by atoms with E-state index in [1.165, 1.54) is 18.9 Å². The lowest BCUT2D eigenvalue weighted by molar-refractivity contribution is 0.122. The van der Waals surface area contributed by atoms with E-state index in [-0.39, 0.29) is 11.5 Å². The van der Waals surface area contributed by atoms with E-state index in [2.05, 4.69) is 5.32 Å². The highest BCUT2D eigenvalue weighted by molar-refractivity contribution is 5.41. The minimum atomic E-state index is -0.345. The minimum absolute atomic E-state index is 0.201. The number of nitrogens with two attached hydrogens (primary N) is 1. The molecule has 3 N–H and O–H groups in total. The summed E-state index contributed by atoms with van der Waals surface area (Å²) < 4.78 is 18.7. The van der Waals surface area contributed by atoms with Crippen LogP contribution >= 0.6 is 0 Å². The molecule has 4 heteroatoms. The second-order valence-corrected chi connectivity index (χ2v) is 4.90. The Labute approximate surface area is 108 Å². The molecule has 1 aromatic rings. The molecular formula is C14H21FN2O. The van der Waals surface area contributed by atoms with Gasteiger partial charge in [-0.05, 0) is 49.4 Å². The quantitative estimate of drug-likeness (QED) is 0.551. The van der Waals surface area contributed by atoms with Crippen LogP contribution in [0, 0.1) is 11.7 Å². The molecule has 2 rings (SSSR count). The number of nitrogens with one attached hydrogen (secondary N) is 1. The summed E-state index contributed by atoms with van der Waals surface area (Å²) >= 11 is 0. The fraction of sp³-hybridized carbons (Fsp3) is 0.571. The SMILES string of the molecule is Nc1ccc(CNCCCOCC2CC2)cc1F. The molecule has 0 heterocycles. The van der Waals surface area contributed by atoms with Crippen molar-refractivity contribution in [2.24, 2.45) is 5.92 Å². The Bertz CT molecular complexity index is 380. The Hall–Kier alpha value is -1.13. The first kappa shape index (κ1) is 13.3. The van der Waals surface area contributed by atoms with Crippen molar-refractivity contribution >= 4 is 5.69 Å². The molecule has 0 amide bonds. The first-order chi connectivity index (χ1) is 8.75. The van der Waals surface area contributed by atoms with Gasteiger partial charge in [-0.3, -0.25) is 0 Å². The molecule has 1 saturated carbocycles. The summed E-state index contributed by atoms with van der Waals surface area (Å²) in [5.74, 6) is 0.484. The van der Waals surface area contributed by atoms with Crippen molar-refractivity contribution in [3.05, 3.63) is 29.6 Å². The Kier molecular flexibility index (Phi) is 4.96. The van der Waals surface area contributed by atoms with Crippen molar-refractivity contribution in [3.8, 4) is 0 Å². The standard InChI is InChI=1S/C14H21FN2O/c15-13-8-12(4-5-14(13)16)9-17-6-1-7-18-10-11-2-3-11/h4-5,8,11,17H,1-3,6-7,9-10,16H2. The molecule has 0 bridgehead atoms. The highest BCUT2D eigenvalue weighted by Crippen LogP contribution is 2.28. The van der Waals surface area contributed by atoms with E-state index < -0.39 is 0 Å². The van der Waals surface area contributed by atoms with E-state index in [0.29, 0.717) is 6.54 Å². The summed E-state index contributed by atoms with van der Waals surface area (Å²) in [5.41, 5.74) is 6.53. The van der Waals surface area contributed by atoms with Crippen LogP contribution in [0.5, 0.6) is 0 Å². The second-order valence-electron chi connectivity index (χ2n) is 4.90. The third kappa shape index (κ3) is 4.63. The second kappa shape index (κ2) is 6.71. The molecular weight excluding hydrogens is 231 g/mol. The van der Waals surface area contributed by atoms with Crippen molar-refractivity contribution in [3.63, 3.8) is 0 Å². The topological polar surface area (TPSA) is 47.3 Å². The Morgan fingerprint density at radius 1 is 1.39 bits per heavy atom. The van der Waals surface area contributed by atoms with Crippen LogP contribution in [0.15, 0.2) is 18.2 Å². The van der Waals surface area contributed by atoms with Crippen molar-refractivity contribution < 1.29 is 9.13 Å². The fourth-order valence-electron chi connectivity index (χ4n) is 1.75. The third-order valence-corrected chi connectivity index (χ3v) is 3.09. The molecule has 0 spiro atoms. The van der Waals surface area contributed by atoms with Gasteiger partial charge < -0.3 is 15.8 Å². The van der Waals surface area contributed by atoms with Gasteiger partial charge in [0, 0.05) is 19.8 Å². The van der Waals surface area contributed by atoms with E-state index >= 15 is 0 Å². The van der Waals surface area contributed by atoms with Gasteiger partial charge in [0.2, 0.25) is 0 Å². The van der Waals surface area contributed by atoms with E-state index in [9.17, 15) is 4.39 Å². The molecule has 0 saturated heterocycles. The van der Waals surface area contributed by atoms with Gasteiger partial charge in [-0.15, -0.1) is 0 Å². The van der Waals surface area contributed by atoms with Gasteiger partial charge in [0.05, 0.1) is 5.69 Å². The molecule has 3 nitrogen and oxygen atoms in total. The van der Waals surface area contributed by atoms with Crippen LogP contribution in [0.2, 0.25) is 0 Å². The number of anilines is 1. The summed E-state index contributed by atoms with van der Waals surface area (Å²) in [6.07, 6.45) is 3.66. The van der Waals surface area contributed by atoms with E-state index in [1.54, 1.807) is 6.07 Å². The number of ether oxygens (including phenoxy) is 1. The van der Waals surface area contributed by atoms with Crippen LogP contribution in [-0.2, 0) is 11.3 Å². The lowest BCUT2D eigenvalue weighted by atomic mass is 10.2. The number of halogens is 1. The summed E-state index contributed by atoms with van der Waals surface area (Å²) in [6, 6.07) is 4.92.